The fourth-order valence-electron chi connectivity index (χ4n) is 2.55. The van der Waals surface area contributed by atoms with Gasteiger partial charge in [0.25, 0.3) is 0 Å². The summed E-state index contributed by atoms with van der Waals surface area (Å²) in [4.78, 5) is 0. The molecule has 1 aromatic carbocycles. The molecule has 0 fully saturated rings. The first kappa shape index (κ1) is 14.1. The van der Waals surface area contributed by atoms with Crippen LogP contribution >= 0.6 is 0 Å². The number of hydrogen-bond acceptors (Lipinski definition) is 2. The van der Waals surface area contributed by atoms with Gasteiger partial charge in [0, 0.05) is 10.9 Å². The minimum absolute atomic E-state index is 0.484. The Morgan fingerprint density at radius 2 is 1.84 bits per heavy atom. The third kappa shape index (κ3) is 2.84. The first-order valence-electron chi connectivity index (χ1n) is 7.30. The van der Waals surface area contributed by atoms with Gasteiger partial charge in [-0.1, -0.05) is 40.7 Å². The van der Waals surface area contributed by atoms with E-state index in [2.05, 4.69) is 58.1 Å². The van der Waals surface area contributed by atoms with E-state index in [9.17, 15) is 0 Å². The standard InChI is InChI=1S/C17H25NO/c1-6-18-10-16-17(12(4)5)14-9-13(11(2)3)7-8-15(14)19-16/h7-9,11-12,18H,6,10H2,1-5H3. The SMILES string of the molecule is CCNCc1oc2ccc(C(C)C)cc2c1C(C)C. The molecule has 0 aliphatic carbocycles. The molecule has 2 heteroatoms. The van der Waals surface area contributed by atoms with Crippen molar-refractivity contribution in [1.82, 2.24) is 5.32 Å². The maximum absolute atomic E-state index is 6.03. The largest absolute Gasteiger partial charge is 0.459 e. The van der Waals surface area contributed by atoms with Crippen LogP contribution < -0.4 is 5.32 Å². The Morgan fingerprint density at radius 3 is 2.42 bits per heavy atom. The van der Waals surface area contributed by atoms with Crippen molar-refractivity contribution in [2.24, 2.45) is 0 Å². The smallest absolute Gasteiger partial charge is 0.134 e. The number of hydrogen-bond donors (Lipinski definition) is 1. The summed E-state index contributed by atoms with van der Waals surface area (Å²) < 4.78 is 6.03. The zero-order valence-corrected chi connectivity index (χ0v) is 12.7. The van der Waals surface area contributed by atoms with E-state index in [4.69, 9.17) is 4.42 Å². The summed E-state index contributed by atoms with van der Waals surface area (Å²) in [6.45, 7) is 12.8. The number of nitrogens with one attached hydrogen (secondary N) is 1. The predicted octanol–water partition coefficient (Wildman–Crippen LogP) is 4.79. The van der Waals surface area contributed by atoms with Crippen LogP contribution in [0.25, 0.3) is 11.0 Å². The second-order valence-corrected chi connectivity index (χ2v) is 5.78. The molecule has 1 N–H and O–H groups in total. The summed E-state index contributed by atoms with van der Waals surface area (Å²) in [6.07, 6.45) is 0. The van der Waals surface area contributed by atoms with Crippen molar-refractivity contribution in [3.63, 3.8) is 0 Å². The lowest BCUT2D eigenvalue weighted by atomic mass is 9.95. The average molecular weight is 259 g/mol. The normalized spacial score (nSPS) is 11.9. The van der Waals surface area contributed by atoms with Crippen molar-refractivity contribution in [3.05, 3.63) is 35.1 Å². The monoisotopic (exact) mass is 259 g/mol. The lowest BCUT2D eigenvalue weighted by molar-refractivity contribution is 0.510. The molecule has 0 saturated heterocycles. The summed E-state index contributed by atoms with van der Waals surface area (Å²) >= 11 is 0. The highest BCUT2D eigenvalue weighted by molar-refractivity contribution is 5.83. The topological polar surface area (TPSA) is 25.2 Å². The van der Waals surface area contributed by atoms with Gasteiger partial charge in [-0.2, -0.15) is 0 Å². The highest BCUT2D eigenvalue weighted by atomic mass is 16.3. The lowest BCUT2D eigenvalue weighted by Crippen LogP contribution is -2.12. The number of benzene rings is 1. The molecule has 0 amide bonds. The second-order valence-electron chi connectivity index (χ2n) is 5.78. The van der Waals surface area contributed by atoms with E-state index in [-0.39, 0.29) is 0 Å². The van der Waals surface area contributed by atoms with Crippen molar-refractivity contribution < 1.29 is 4.42 Å². The Hall–Kier alpha value is -1.28. The molecular formula is C17H25NO. The molecule has 0 aliphatic heterocycles. The van der Waals surface area contributed by atoms with E-state index in [1.54, 1.807) is 0 Å². The Kier molecular flexibility index (Phi) is 4.31. The van der Waals surface area contributed by atoms with Gasteiger partial charge >= 0.3 is 0 Å². The van der Waals surface area contributed by atoms with Crippen LogP contribution in [0.15, 0.2) is 22.6 Å². The molecule has 0 saturated carbocycles. The fraction of sp³-hybridized carbons (Fsp3) is 0.529. The van der Waals surface area contributed by atoms with Crippen LogP contribution in [0.2, 0.25) is 0 Å². The molecule has 1 heterocycles. The molecular weight excluding hydrogens is 234 g/mol. The first-order valence-corrected chi connectivity index (χ1v) is 7.30. The molecule has 1 aromatic heterocycles. The van der Waals surface area contributed by atoms with Gasteiger partial charge in [-0.05, 0) is 36.1 Å². The maximum Gasteiger partial charge on any atom is 0.134 e. The van der Waals surface area contributed by atoms with Gasteiger partial charge in [0.2, 0.25) is 0 Å². The molecule has 0 atom stereocenters. The van der Waals surface area contributed by atoms with Crippen LogP contribution in [0.5, 0.6) is 0 Å². The average Bonchev–Trinajstić information content (AvgIpc) is 2.73. The predicted molar refractivity (Wildman–Crippen MR) is 81.8 cm³/mol. The molecule has 2 nitrogen and oxygen atoms in total. The summed E-state index contributed by atoms with van der Waals surface area (Å²) in [7, 11) is 0. The van der Waals surface area contributed by atoms with E-state index >= 15 is 0 Å². The minimum atomic E-state index is 0.484. The van der Waals surface area contributed by atoms with Crippen molar-refractivity contribution >= 4 is 11.0 Å². The van der Waals surface area contributed by atoms with E-state index in [0.717, 1.165) is 24.4 Å². The third-order valence-electron chi connectivity index (χ3n) is 3.61. The first-order chi connectivity index (χ1) is 9.04. The molecule has 2 aromatic rings. The van der Waals surface area contributed by atoms with Gasteiger partial charge in [-0.3, -0.25) is 0 Å². The maximum atomic E-state index is 6.03. The molecule has 0 spiro atoms. The zero-order valence-electron chi connectivity index (χ0n) is 12.7. The van der Waals surface area contributed by atoms with Crippen LogP contribution in [0.3, 0.4) is 0 Å². The number of rotatable bonds is 5. The summed E-state index contributed by atoms with van der Waals surface area (Å²) in [5.41, 5.74) is 3.75. The van der Waals surface area contributed by atoms with Crippen LogP contribution in [-0.4, -0.2) is 6.54 Å². The molecule has 104 valence electrons. The number of furan rings is 1. The Labute approximate surface area is 116 Å². The Balaban J connectivity index is 2.54. The van der Waals surface area contributed by atoms with Crippen molar-refractivity contribution in [3.8, 4) is 0 Å². The Morgan fingerprint density at radius 1 is 1.11 bits per heavy atom. The second kappa shape index (κ2) is 5.79. The van der Waals surface area contributed by atoms with E-state index in [1.165, 1.54) is 16.5 Å². The van der Waals surface area contributed by atoms with Crippen LogP contribution in [0.1, 0.15) is 63.3 Å². The van der Waals surface area contributed by atoms with Gasteiger partial charge in [-0.15, -0.1) is 0 Å². The highest BCUT2D eigenvalue weighted by Crippen LogP contribution is 2.33. The zero-order chi connectivity index (χ0) is 14.0. The summed E-state index contributed by atoms with van der Waals surface area (Å²) in [5, 5.41) is 4.65. The molecule has 0 bridgehead atoms. The van der Waals surface area contributed by atoms with Crippen molar-refractivity contribution in [2.45, 2.75) is 53.0 Å². The highest BCUT2D eigenvalue weighted by Gasteiger charge is 2.17. The minimum Gasteiger partial charge on any atom is -0.459 e. The van der Waals surface area contributed by atoms with Crippen LogP contribution in [-0.2, 0) is 6.54 Å². The summed E-state index contributed by atoms with van der Waals surface area (Å²) in [6, 6.07) is 6.60. The van der Waals surface area contributed by atoms with Gasteiger partial charge in [0.05, 0.1) is 6.54 Å². The molecule has 2 rings (SSSR count). The molecule has 0 aliphatic rings. The van der Waals surface area contributed by atoms with Crippen molar-refractivity contribution in [1.29, 1.82) is 0 Å². The van der Waals surface area contributed by atoms with Crippen LogP contribution in [0.4, 0.5) is 0 Å². The van der Waals surface area contributed by atoms with Gasteiger partial charge in [0.1, 0.15) is 11.3 Å². The molecule has 0 unspecified atom stereocenters. The summed E-state index contributed by atoms with van der Waals surface area (Å²) in [5.74, 6) is 2.13. The third-order valence-corrected chi connectivity index (χ3v) is 3.61. The number of fused-ring (bicyclic) bond motifs is 1. The van der Waals surface area contributed by atoms with E-state index in [1.807, 2.05) is 0 Å². The Bertz CT molecular complexity index is 552. The van der Waals surface area contributed by atoms with Gasteiger partial charge in [-0.25, -0.2) is 0 Å². The molecule has 0 radical (unpaired) electrons. The quantitative estimate of drug-likeness (QED) is 0.835. The fourth-order valence-corrected chi connectivity index (χ4v) is 2.55. The van der Waals surface area contributed by atoms with Crippen molar-refractivity contribution in [2.75, 3.05) is 6.54 Å². The van der Waals surface area contributed by atoms with E-state index < -0.39 is 0 Å². The van der Waals surface area contributed by atoms with Gasteiger partial charge < -0.3 is 9.73 Å². The molecule has 19 heavy (non-hydrogen) atoms. The van der Waals surface area contributed by atoms with E-state index in [0.29, 0.717) is 11.8 Å². The lowest BCUT2D eigenvalue weighted by Gasteiger charge is -2.08. The van der Waals surface area contributed by atoms with Crippen LogP contribution in [0, 0.1) is 0 Å². The van der Waals surface area contributed by atoms with Gasteiger partial charge in [0.15, 0.2) is 0 Å².